The van der Waals surface area contributed by atoms with Gasteiger partial charge >= 0.3 is 0 Å². The third kappa shape index (κ3) is 4.54. The van der Waals surface area contributed by atoms with Crippen molar-refractivity contribution in [2.24, 2.45) is 5.73 Å². The number of nitrogens with one attached hydrogen (secondary N) is 2. The van der Waals surface area contributed by atoms with Gasteiger partial charge in [-0.05, 0) is 57.0 Å². The highest BCUT2D eigenvalue weighted by molar-refractivity contribution is 7.15. The van der Waals surface area contributed by atoms with Crippen LogP contribution in [0.2, 0.25) is 0 Å². The quantitative estimate of drug-likeness (QED) is 0.685. The van der Waals surface area contributed by atoms with Gasteiger partial charge in [0, 0.05) is 28.9 Å². The zero-order valence-corrected chi connectivity index (χ0v) is 13.8. The Morgan fingerprint density at radius 3 is 2.77 bits per heavy atom. The molecule has 6 heteroatoms. The van der Waals surface area contributed by atoms with Gasteiger partial charge in [-0.3, -0.25) is 10.1 Å². The Bertz CT molecular complexity index is 639. The van der Waals surface area contributed by atoms with Crippen LogP contribution in [0.3, 0.4) is 0 Å². The van der Waals surface area contributed by atoms with Gasteiger partial charge in [0.2, 0.25) is 0 Å². The molecule has 0 aliphatic carbocycles. The molecule has 0 aliphatic rings. The van der Waals surface area contributed by atoms with Crippen LogP contribution in [0.25, 0.3) is 0 Å². The number of rotatable bonds is 7. The van der Waals surface area contributed by atoms with Crippen LogP contribution in [0, 0.1) is 13.8 Å². The lowest BCUT2D eigenvalue weighted by Gasteiger charge is -2.10. The summed E-state index contributed by atoms with van der Waals surface area (Å²) in [5.74, 6) is -0.124. The van der Waals surface area contributed by atoms with E-state index in [0.717, 1.165) is 42.1 Å². The molecule has 118 valence electrons. The summed E-state index contributed by atoms with van der Waals surface area (Å²) in [5, 5.41) is 6.81. The molecule has 1 aromatic heterocycles. The number of aryl methyl sites for hydroxylation is 2. The van der Waals surface area contributed by atoms with Crippen molar-refractivity contribution < 1.29 is 4.79 Å². The number of nitrogens with two attached hydrogens (primary N) is 1. The average molecular weight is 318 g/mol. The minimum atomic E-state index is -0.124. The van der Waals surface area contributed by atoms with E-state index in [4.69, 9.17) is 5.73 Å². The molecule has 2 rings (SSSR count). The van der Waals surface area contributed by atoms with E-state index in [9.17, 15) is 4.79 Å². The van der Waals surface area contributed by atoms with Crippen molar-refractivity contribution >= 4 is 28.1 Å². The fourth-order valence-corrected chi connectivity index (χ4v) is 2.77. The van der Waals surface area contributed by atoms with Gasteiger partial charge < -0.3 is 11.1 Å². The van der Waals surface area contributed by atoms with E-state index in [-0.39, 0.29) is 5.91 Å². The lowest BCUT2D eigenvalue weighted by Crippen LogP contribution is -2.13. The number of thiazole rings is 1. The van der Waals surface area contributed by atoms with E-state index in [2.05, 4.69) is 15.6 Å². The van der Waals surface area contributed by atoms with Crippen LogP contribution in [0.1, 0.15) is 33.6 Å². The lowest BCUT2D eigenvalue weighted by atomic mass is 10.1. The zero-order valence-electron chi connectivity index (χ0n) is 13.0. The largest absolute Gasteiger partial charge is 0.385 e. The smallest absolute Gasteiger partial charge is 0.257 e. The topological polar surface area (TPSA) is 80.0 Å². The molecule has 0 saturated carbocycles. The molecule has 0 bridgehead atoms. The van der Waals surface area contributed by atoms with E-state index in [1.54, 1.807) is 6.20 Å². The van der Waals surface area contributed by atoms with Crippen molar-refractivity contribution in [1.29, 1.82) is 0 Å². The first-order valence-electron chi connectivity index (χ1n) is 7.38. The highest BCUT2D eigenvalue weighted by atomic mass is 32.1. The molecule has 1 aromatic carbocycles. The van der Waals surface area contributed by atoms with Gasteiger partial charge in [-0.15, -0.1) is 11.3 Å². The van der Waals surface area contributed by atoms with Crippen molar-refractivity contribution in [3.05, 3.63) is 40.4 Å². The van der Waals surface area contributed by atoms with Crippen LogP contribution in [-0.4, -0.2) is 24.0 Å². The van der Waals surface area contributed by atoms with Crippen LogP contribution in [-0.2, 0) is 0 Å². The van der Waals surface area contributed by atoms with E-state index < -0.39 is 0 Å². The fraction of sp³-hybridized carbons (Fsp3) is 0.375. The Morgan fingerprint density at radius 2 is 2.14 bits per heavy atom. The molecule has 4 N–H and O–H groups in total. The Balaban J connectivity index is 1.98. The predicted octanol–water partition coefficient (Wildman–Crippen LogP) is 3.16. The molecule has 5 nitrogen and oxygen atoms in total. The van der Waals surface area contributed by atoms with Crippen molar-refractivity contribution in [3.8, 4) is 0 Å². The SMILES string of the molecule is Cc1cnc(NC(=O)c2ccc(NCCCCN)cc2C)s1. The van der Waals surface area contributed by atoms with Crippen LogP contribution in [0.4, 0.5) is 10.8 Å². The zero-order chi connectivity index (χ0) is 15.9. The minimum Gasteiger partial charge on any atom is -0.385 e. The molecule has 0 spiro atoms. The normalized spacial score (nSPS) is 10.5. The molecule has 1 heterocycles. The van der Waals surface area contributed by atoms with Crippen molar-refractivity contribution in [1.82, 2.24) is 4.98 Å². The molecule has 1 amide bonds. The summed E-state index contributed by atoms with van der Waals surface area (Å²) in [5.41, 5.74) is 8.10. The van der Waals surface area contributed by atoms with Gasteiger partial charge in [0.25, 0.3) is 5.91 Å². The number of nitrogens with zero attached hydrogens (tertiary/aromatic N) is 1. The van der Waals surface area contributed by atoms with Crippen LogP contribution < -0.4 is 16.4 Å². The summed E-state index contributed by atoms with van der Waals surface area (Å²) < 4.78 is 0. The molecular formula is C16H22N4OS. The molecular weight excluding hydrogens is 296 g/mol. The lowest BCUT2D eigenvalue weighted by molar-refractivity contribution is 0.102. The summed E-state index contributed by atoms with van der Waals surface area (Å²) in [4.78, 5) is 17.5. The Labute approximate surface area is 135 Å². The highest BCUT2D eigenvalue weighted by Gasteiger charge is 2.11. The third-order valence-electron chi connectivity index (χ3n) is 3.27. The van der Waals surface area contributed by atoms with Gasteiger partial charge in [-0.25, -0.2) is 4.98 Å². The van der Waals surface area contributed by atoms with E-state index in [1.165, 1.54) is 11.3 Å². The average Bonchev–Trinajstić information content (AvgIpc) is 2.89. The minimum absolute atomic E-state index is 0.124. The number of amides is 1. The summed E-state index contributed by atoms with van der Waals surface area (Å²) in [6.45, 7) is 5.51. The number of unbranched alkanes of at least 4 members (excludes halogenated alkanes) is 1. The van der Waals surface area contributed by atoms with Gasteiger partial charge in [0.05, 0.1) is 0 Å². The number of aromatic nitrogens is 1. The second kappa shape index (κ2) is 7.91. The molecule has 0 atom stereocenters. The maximum Gasteiger partial charge on any atom is 0.257 e. The molecule has 2 aromatic rings. The van der Waals surface area contributed by atoms with E-state index in [1.807, 2.05) is 32.0 Å². The van der Waals surface area contributed by atoms with Crippen molar-refractivity contribution in [2.45, 2.75) is 26.7 Å². The monoisotopic (exact) mass is 318 g/mol. The molecule has 22 heavy (non-hydrogen) atoms. The second-order valence-corrected chi connectivity index (χ2v) is 6.42. The van der Waals surface area contributed by atoms with Gasteiger partial charge in [0.15, 0.2) is 5.13 Å². The first-order chi connectivity index (χ1) is 10.6. The molecule has 0 unspecified atom stereocenters. The highest BCUT2D eigenvalue weighted by Crippen LogP contribution is 2.20. The number of hydrogen-bond acceptors (Lipinski definition) is 5. The summed E-state index contributed by atoms with van der Waals surface area (Å²) in [6.07, 6.45) is 3.81. The third-order valence-corrected chi connectivity index (χ3v) is 4.10. The van der Waals surface area contributed by atoms with Gasteiger partial charge in [-0.2, -0.15) is 0 Å². The number of anilines is 2. The number of benzene rings is 1. The fourth-order valence-electron chi connectivity index (χ4n) is 2.11. The summed E-state index contributed by atoms with van der Waals surface area (Å²) in [6, 6.07) is 5.76. The maximum absolute atomic E-state index is 12.3. The van der Waals surface area contributed by atoms with E-state index >= 15 is 0 Å². The summed E-state index contributed by atoms with van der Waals surface area (Å²) in [7, 11) is 0. The number of hydrogen-bond donors (Lipinski definition) is 3. The van der Waals surface area contributed by atoms with Crippen LogP contribution in [0.5, 0.6) is 0 Å². The molecule has 0 aliphatic heterocycles. The van der Waals surface area contributed by atoms with Gasteiger partial charge in [-0.1, -0.05) is 0 Å². The van der Waals surface area contributed by atoms with Gasteiger partial charge in [0.1, 0.15) is 0 Å². The molecule has 0 saturated heterocycles. The predicted molar refractivity (Wildman–Crippen MR) is 92.8 cm³/mol. The molecule has 0 radical (unpaired) electrons. The number of carbonyl (C=O) groups excluding carboxylic acids is 1. The standard InChI is InChI=1S/C16H22N4OS/c1-11-9-13(18-8-4-3-7-17)5-6-14(11)15(21)20-16-19-10-12(2)22-16/h5-6,9-10,18H,3-4,7-8,17H2,1-2H3,(H,19,20,21). The van der Waals surface area contributed by atoms with Crippen LogP contribution >= 0.6 is 11.3 Å². The Hall–Kier alpha value is -1.92. The van der Waals surface area contributed by atoms with Crippen molar-refractivity contribution in [3.63, 3.8) is 0 Å². The number of carbonyl (C=O) groups is 1. The second-order valence-electron chi connectivity index (χ2n) is 5.18. The maximum atomic E-state index is 12.3. The first-order valence-corrected chi connectivity index (χ1v) is 8.20. The first kappa shape index (κ1) is 16.5. The molecule has 0 fully saturated rings. The summed E-state index contributed by atoms with van der Waals surface area (Å²) >= 11 is 1.47. The van der Waals surface area contributed by atoms with Crippen molar-refractivity contribution in [2.75, 3.05) is 23.7 Å². The van der Waals surface area contributed by atoms with E-state index in [0.29, 0.717) is 10.7 Å². The van der Waals surface area contributed by atoms with Crippen LogP contribution in [0.15, 0.2) is 24.4 Å². The Kier molecular flexibility index (Phi) is 5.91. The Morgan fingerprint density at radius 1 is 1.32 bits per heavy atom.